The van der Waals surface area contributed by atoms with E-state index in [0.29, 0.717) is 5.69 Å². The first-order valence-corrected chi connectivity index (χ1v) is 8.89. The average molecular weight is 406 g/mol. The number of amides is 2. The molecule has 0 aliphatic carbocycles. The van der Waals surface area contributed by atoms with Crippen LogP contribution in [0.3, 0.4) is 0 Å². The fourth-order valence-corrected chi connectivity index (χ4v) is 3.10. The number of aryl methyl sites for hydroxylation is 3. The highest BCUT2D eigenvalue weighted by Gasteiger charge is 2.24. The lowest BCUT2D eigenvalue weighted by molar-refractivity contribution is -0.116. The lowest BCUT2D eigenvalue weighted by Crippen LogP contribution is -2.35. The predicted molar refractivity (Wildman–Crippen MR) is 106 cm³/mol. The number of para-hydroxylation sites is 1. The minimum Gasteiger partial charge on any atom is -0.493 e. The molecule has 2 amide bonds. The molecule has 6 nitrogen and oxygen atoms in total. The molecular formula is C21H24F2N2O4. The molecule has 8 heteroatoms. The molecule has 1 N–H and O–H groups in total. The molecule has 2 aromatic rings. The summed E-state index contributed by atoms with van der Waals surface area (Å²) >= 11 is 0. The number of carbonyl (C=O) groups is 2. The van der Waals surface area contributed by atoms with Gasteiger partial charge >= 0.3 is 6.61 Å². The van der Waals surface area contributed by atoms with Crippen LogP contribution in [0.2, 0.25) is 0 Å². The number of hydrogen-bond donors (Lipinski definition) is 1. The van der Waals surface area contributed by atoms with Crippen molar-refractivity contribution in [2.75, 3.05) is 26.0 Å². The number of hydrogen-bond acceptors (Lipinski definition) is 4. The Labute approximate surface area is 168 Å². The van der Waals surface area contributed by atoms with Crippen LogP contribution in [0.5, 0.6) is 11.5 Å². The molecule has 0 heterocycles. The van der Waals surface area contributed by atoms with Crippen molar-refractivity contribution in [2.45, 2.75) is 27.4 Å². The van der Waals surface area contributed by atoms with Crippen molar-refractivity contribution in [3.63, 3.8) is 0 Å². The van der Waals surface area contributed by atoms with Gasteiger partial charge in [-0.1, -0.05) is 23.8 Å². The number of anilines is 1. The summed E-state index contributed by atoms with van der Waals surface area (Å²) in [6.45, 7) is 2.34. The first kappa shape index (κ1) is 22.1. The molecule has 156 valence electrons. The zero-order valence-electron chi connectivity index (χ0n) is 17.0. The summed E-state index contributed by atoms with van der Waals surface area (Å²) in [7, 11) is 2.69. The number of ether oxygens (including phenoxy) is 2. The number of carbonyl (C=O) groups excluding carboxylic acids is 2. The lowest BCUT2D eigenvalue weighted by atomic mass is 10.1. The first-order chi connectivity index (χ1) is 13.6. The van der Waals surface area contributed by atoms with E-state index in [4.69, 9.17) is 4.74 Å². The summed E-state index contributed by atoms with van der Waals surface area (Å²) < 4.78 is 35.0. The Morgan fingerprint density at radius 1 is 1.14 bits per heavy atom. The second kappa shape index (κ2) is 9.36. The van der Waals surface area contributed by atoms with Crippen LogP contribution < -0.4 is 14.8 Å². The van der Waals surface area contributed by atoms with E-state index in [1.807, 2.05) is 32.9 Å². The van der Waals surface area contributed by atoms with E-state index in [-0.39, 0.29) is 23.6 Å². The van der Waals surface area contributed by atoms with Crippen molar-refractivity contribution in [1.82, 2.24) is 4.90 Å². The lowest BCUT2D eigenvalue weighted by Gasteiger charge is -2.20. The maximum Gasteiger partial charge on any atom is 0.387 e. The van der Waals surface area contributed by atoms with Gasteiger partial charge in [0, 0.05) is 12.7 Å². The van der Waals surface area contributed by atoms with Crippen molar-refractivity contribution in [1.29, 1.82) is 0 Å². The highest BCUT2D eigenvalue weighted by Crippen LogP contribution is 2.33. The van der Waals surface area contributed by atoms with Crippen molar-refractivity contribution in [3.05, 3.63) is 52.6 Å². The topological polar surface area (TPSA) is 67.9 Å². The second-order valence-corrected chi connectivity index (χ2v) is 6.70. The van der Waals surface area contributed by atoms with Gasteiger partial charge in [-0.25, -0.2) is 0 Å². The normalized spacial score (nSPS) is 10.6. The Hall–Kier alpha value is -3.16. The largest absolute Gasteiger partial charge is 0.493 e. The number of alkyl halides is 2. The Morgan fingerprint density at radius 2 is 1.76 bits per heavy atom. The zero-order chi connectivity index (χ0) is 21.7. The summed E-state index contributed by atoms with van der Waals surface area (Å²) in [5.74, 6) is -1.42. The van der Waals surface area contributed by atoms with Crippen LogP contribution in [0, 0.1) is 20.8 Å². The smallest absolute Gasteiger partial charge is 0.387 e. The molecule has 0 saturated heterocycles. The van der Waals surface area contributed by atoms with Crippen LogP contribution in [0.25, 0.3) is 0 Å². The van der Waals surface area contributed by atoms with E-state index in [0.717, 1.165) is 21.6 Å². The van der Waals surface area contributed by atoms with Gasteiger partial charge in [-0.3, -0.25) is 9.59 Å². The number of methoxy groups -OCH3 is 1. The van der Waals surface area contributed by atoms with Gasteiger partial charge in [-0.05, 0) is 44.0 Å². The first-order valence-electron chi connectivity index (χ1n) is 8.89. The van der Waals surface area contributed by atoms with Crippen LogP contribution in [0.15, 0.2) is 30.3 Å². The van der Waals surface area contributed by atoms with E-state index in [1.165, 1.54) is 32.4 Å². The molecule has 0 unspecified atom stereocenters. The van der Waals surface area contributed by atoms with E-state index in [9.17, 15) is 18.4 Å². The Kier molecular flexibility index (Phi) is 7.14. The van der Waals surface area contributed by atoms with Crippen molar-refractivity contribution >= 4 is 17.5 Å². The Bertz CT molecular complexity index is 893. The number of nitrogens with one attached hydrogen (secondary N) is 1. The van der Waals surface area contributed by atoms with E-state index in [2.05, 4.69) is 10.1 Å². The molecule has 29 heavy (non-hydrogen) atoms. The van der Waals surface area contributed by atoms with Gasteiger partial charge in [-0.2, -0.15) is 8.78 Å². The fraction of sp³-hybridized carbons (Fsp3) is 0.333. The molecular weight excluding hydrogens is 382 g/mol. The molecule has 2 rings (SSSR count). The Morgan fingerprint density at radius 3 is 2.31 bits per heavy atom. The minimum absolute atomic E-state index is 0.0000866. The molecule has 2 aromatic carbocycles. The number of nitrogens with zero attached hydrogens (tertiary/aromatic N) is 1. The number of rotatable bonds is 7. The number of benzene rings is 2. The SMILES string of the molecule is COc1cccc(C(=O)N(C)CC(=O)Nc2c(C)cc(C)cc2C)c1OC(F)F. The molecule has 0 fully saturated rings. The van der Waals surface area contributed by atoms with Gasteiger partial charge in [-0.15, -0.1) is 0 Å². The highest BCUT2D eigenvalue weighted by atomic mass is 19.3. The quantitative estimate of drug-likeness (QED) is 0.757. The third-order valence-corrected chi connectivity index (χ3v) is 4.31. The van der Waals surface area contributed by atoms with E-state index >= 15 is 0 Å². The molecule has 0 atom stereocenters. The van der Waals surface area contributed by atoms with Gasteiger partial charge in [0.2, 0.25) is 5.91 Å². The third-order valence-electron chi connectivity index (χ3n) is 4.31. The zero-order valence-corrected chi connectivity index (χ0v) is 17.0. The molecule has 0 spiro atoms. The molecule has 0 radical (unpaired) electrons. The molecule has 0 saturated carbocycles. The summed E-state index contributed by atoms with van der Waals surface area (Å²) in [4.78, 5) is 26.3. The van der Waals surface area contributed by atoms with Crippen molar-refractivity contribution in [3.8, 4) is 11.5 Å². The maximum absolute atomic E-state index is 12.8. The third kappa shape index (κ3) is 5.43. The van der Waals surface area contributed by atoms with Crippen LogP contribution in [0.4, 0.5) is 14.5 Å². The molecule has 0 aromatic heterocycles. The van der Waals surface area contributed by atoms with Crippen molar-refractivity contribution in [2.24, 2.45) is 0 Å². The van der Waals surface area contributed by atoms with Gasteiger partial charge < -0.3 is 19.7 Å². The summed E-state index contributed by atoms with van der Waals surface area (Å²) in [6.07, 6.45) is 0. The van der Waals surface area contributed by atoms with Crippen LogP contribution >= 0.6 is 0 Å². The molecule has 0 bridgehead atoms. The number of halogens is 2. The second-order valence-electron chi connectivity index (χ2n) is 6.70. The van der Waals surface area contributed by atoms with Crippen LogP contribution in [-0.2, 0) is 4.79 Å². The summed E-state index contributed by atoms with van der Waals surface area (Å²) in [6, 6.07) is 8.12. The summed E-state index contributed by atoms with van der Waals surface area (Å²) in [5, 5.41) is 2.80. The van der Waals surface area contributed by atoms with E-state index < -0.39 is 18.4 Å². The average Bonchev–Trinajstić information content (AvgIpc) is 2.63. The standard InChI is InChI=1S/C21H24F2N2O4/c1-12-9-13(2)18(14(3)10-12)24-17(26)11-25(4)20(27)15-7-6-8-16(28-5)19(15)29-21(22)23/h6-10,21H,11H2,1-5H3,(H,24,26). The Balaban J connectivity index is 2.18. The predicted octanol–water partition coefficient (Wildman–Crippen LogP) is 3.93. The van der Waals surface area contributed by atoms with Gasteiger partial charge in [0.1, 0.15) is 0 Å². The maximum atomic E-state index is 12.8. The highest BCUT2D eigenvalue weighted by molar-refractivity contribution is 6.01. The van der Waals surface area contributed by atoms with Crippen molar-refractivity contribution < 1.29 is 27.8 Å². The van der Waals surface area contributed by atoms with Crippen LogP contribution in [0.1, 0.15) is 27.0 Å². The van der Waals surface area contributed by atoms with Gasteiger partial charge in [0.25, 0.3) is 5.91 Å². The minimum atomic E-state index is -3.13. The summed E-state index contributed by atoms with van der Waals surface area (Å²) in [5.41, 5.74) is 3.46. The molecule has 0 aliphatic rings. The van der Waals surface area contributed by atoms with Gasteiger partial charge in [0.05, 0.1) is 19.2 Å². The monoisotopic (exact) mass is 406 g/mol. The number of likely N-dealkylation sites (N-methyl/N-ethyl adjacent to an activating group) is 1. The fourth-order valence-electron chi connectivity index (χ4n) is 3.10. The van der Waals surface area contributed by atoms with E-state index in [1.54, 1.807) is 0 Å². The van der Waals surface area contributed by atoms with Crippen LogP contribution in [-0.4, -0.2) is 44.0 Å². The molecule has 0 aliphatic heterocycles. The van der Waals surface area contributed by atoms with Gasteiger partial charge in [0.15, 0.2) is 11.5 Å².